The second kappa shape index (κ2) is 5.75. The third kappa shape index (κ3) is 2.30. The molecule has 0 unspecified atom stereocenters. The van der Waals surface area contributed by atoms with Crippen molar-refractivity contribution < 1.29 is 9.52 Å². The van der Waals surface area contributed by atoms with Crippen molar-refractivity contribution in [2.45, 2.75) is 13.0 Å². The minimum absolute atomic E-state index is 0.0979. The lowest BCUT2D eigenvalue weighted by Gasteiger charge is -2.06. The molecule has 0 amide bonds. The number of nitrogens with zero attached hydrogens (tertiary/aromatic N) is 4. The number of rotatable bonds is 4. The van der Waals surface area contributed by atoms with Gasteiger partial charge in [0, 0.05) is 25.8 Å². The Kier molecular flexibility index (Phi) is 3.54. The molecule has 0 atom stereocenters. The number of hydrogen-bond donors (Lipinski definition) is 1. The normalized spacial score (nSPS) is 11.6. The smallest absolute Gasteiger partial charge is 0.332 e. The molecule has 1 N–H and O–H groups in total. The predicted molar refractivity (Wildman–Crippen MR) is 91.6 cm³/mol. The molecule has 3 aromatic heterocycles. The Bertz CT molecular complexity index is 1180. The number of benzene rings is 1. The van der Waals surface area contributed by atoms with Gasteiger partial charge >= 0.3 is 11.5 Å². The van der Waals surface area contributed by atoms with Gasteiger partial charge in [0.2, 0.25) is 0 Å². The second-order valence-electron chi connectivity index (χ2n) is 5.77. The van der Waals surface area contributed by atoms with Crippen molar-refractivity contribution in [3.63, 3.8) is 0 Å². The number of oxazole rings is 1. The summed E-state index contributed by atoms with van der Waals surface area (Å²) in [7, 11) is 1.56. The zero-order valence-electron chi connectivity index (χ0n) is 13.5. The zero-order chi connectivity index (χ0) is 17.6. The van der Waals surface area contributed by atoms with Crippen LogP contribution in [0.1, 0.15) is 6.42 Å². The Morgan fingerprint density at radius 2 is 1.96 bits per heavy atom. The summed E-state index contributed by atoms with van der Waals surface area (Å²) in [5.41, 5.74) is 0.510. The topological polar surface area (TPSA) is 94.7 Å². The molecule has 0 saturated heterocycles. The predicted octanol–water partition coefficient (Wildman–Crippen LogP) is 0.990. The van der Waals surface area contributed by atoms with Crippen molar-refractivity contribution in [1.82, 2.24) is 18.5 Å². The molecule has 4 aromatic rings. The molecular weight excluding hydrogens is 324 g/mol. The highest BCUT2D eigenvalue weighted by molar-refractivity contribution is 5.76. The van der Waals surface area contributed by atoms with Crippen molar-refractivity contribution in [2.75, 3.05) is 6.61 Å². The van der Waals surface area contributed by atoms with Crippen LogP contribution in [0.25, 0.3) is 28.3 Å². The molecule has 1 aromatic carbocycles. The number of imidazole rings is 1. The summed E-state index contributed by atoms with van der Waals surface area (Å²) < 4.78 is 9.75. The molecule has 0 aliphatic rings. The summed E-state index contributed by atoms with van der Waals surface area (Å²) in [6, 6.07) is 9.49. The Morgan fingerprint density at radius 3 is 2.68 bits per heavy atom. The van der Waals surface area contributed by atoms with Crippen molar-refractivity contribution in [3.05, 3.63) is 57.4 Å². The van der Waals surface area contributed by atoms with Crippen molar-refractivity contribution in [1.29, 1.82) is 0 Å². The Labute approximate surface area is 141 Å². The number of aliphatic hydroxyl groups is 1. The Morgan fingerprint density at radius 1 is 1.20 bits per heavy atom. The van der Waals surface area contributed by atoms with Gasteiger partial charge in [-0.2, -0.15) is 4.98 Å². The van der Waals surface area contributed by atoms with E-state index in [4.69, 9.17) is 9.52 Å². The number of hydrogen-bond acceptors (Lipinski definition) is 5. The van der Waals surface area contributed by atoms with E-state index in [1.807, 2.05) is 30.3 Å². The van der Waals surface area contributed by atoms with Gasteiger partial charge in [-0.15, -0.1) is 0 Å². The fourth-order valence-corrected chi connectivity index (χ4v) is 2.92. The van der Waals surface area contributed by atoms with E-state index in [1.54, 1.807) is 17.6 Å². The van der Waals surface area contributed by atoms with E-state index >= 15 is 0 Å². The summed E-state index contributed by atoms with van der Waals surface area (Å²) >= 11 is 0. The van der Waals surface area contributed by atoms with E-state index in [0.29, 0.717) is 12.2 Å². The Hall–Kier alpha value is -3.13. The Balaban J connectivity index is 2.01. The first kappa shape index (κ1) is 15.4. The molecule has 8 heteroatoms. The summed E-state index contributed by atoms with van der Waals surface area (Å²) in [5, 5.41) is 9.00. The van der Waals surface area contributed by atoms with Gasteiger partial charge in [-0.05, 0) is 6.42 Å². The fraction of sp³-hybridized carbons (Fsp3) is 0.235. The summed E-state index contributed by atoms with van der Waals surface area (Å²) in [5.74, 6) is 0.834. The lowest BCUT2D eigenvalue weighted by Crippen LogP contribution is -2.39. The monoisotopic (exact) mass is 340 g/mol. The van der Waals surface area contributed by atoms with Crippen LogP contribution in [0, 0.1) is 0 Å². The van der Waals surface area contributed by atoms with Crippen LogP contribution in [-0.4, -0.2) is 30.2 Å². The van der Waals surface area contributed by atoms with E-state index in [1.165, 1.54) is 4.57 Å². The van der Waals surface area contributed by atoms with Crippen LogP contribution >= 0.6 is 0 Å². The third-order valence-electron chi connectivity index (χ3n) is 4.19. The first-order valence-electron chi connectivity index (χ1n) is 7.89. The van der Waals surface area contributed by atoms with Gasteiger partial charge < -0.3 is 9.52 Å². The molecule has 4 rings (SSSR count). The maximum atomic E-state index is 12.8. The average molecular weight is 340 g/mol. The molecule has 128 valence electrons. The van der Waals surface area contributed by atoms with Gasteiger partial charge in [0.15, 0.2) is 16.9 Å². The van der Waals surface area contributed by atoms with Gasteiger partial charge in [0.05, 0.1) is 6.20 Å². The van der Waals surface area contributed by atoms with Gasteiger partial charge in [0.1, 0.15) is 0 Å². The van der Waals surface area contributed by atoms with Crippen molar-refractivity contribution in [3.8, 4) is 11.3 Å². The molecule has 0 fully saturated rings. The molecule has 0 radical (unpaired) electrons. The zero-order valence-corrected chi connectivity index (χ0v) is 13.5. The maximum absolute atomic E-state index is 12.8. The SMILES string of the molecule is Cn1c(=O)n(CCCO)c(=O)c2c1nc1oc(-c3ccccc3)cn12. The van der Waals surface area contributed by atoms with Crippen LogP contribution < -0.4 is 11.2 Å². The maximum Gasteiger partial charge on any atom is 0.332 e. The van der Waals surface area contributed by atoms with Crippen LogP contribution in [0.4, 0.5) is 0 Å². The molecule has 25 heavy (non-hydrogen) atoms. The van der Waals surface area contributed by atoms with Crippen LogP contribution in [0.5, 0.6) is 0 Å². The van der Waals surface area contributed by atoms with E-state index in [2.05, 4.69) is 4.98 Å². The minimum atomic E-state index is -0.463. The standard InChI is InChI=1S/C17H16N4O4/c1-19-14-13(15(23)20(17(19)24)8-5-9-22)21-10-12(25-16(21)18-14)11-6-3-2-4-7-11/h2-4,6-7,10,22H,5,8-9H2,1H3. The molecule has 8 nitrogen and oxygen atoms in total. The number of aromatic nitrogens is 4. The van der Waals surface area contributed by atoms with Crippen LogP contribution in [0.3, 0.4) is 0 Å². The fourth-order valence-electron chi connectivity index (χ4n) is 2.92. The molecular formula is C17H16N4O4. The largest absolute Gasteiger partial charge is 0.423 e. The first-order valence-corrected chi connectivity index (χ1v) is 7.89. The van der Waals surface area contributed by atoms with Crippen molar-refractivity contribution in [2.24, 2.45) is 7.05 Å². The number of aliphatic hydroxyl groups excluding tert-OH is 1. The van der Waals surface area contributed by atoms with Crippen molar-refractivity contribution >= 4 is 17.0 Å². The van der Waals surface area contributed by atoms with E-state index in [9.17, 15) is 9.59 Å². The van der Waals surface area contributed by atoms with Gasteiger partial charge in [-0.1, -0.05) is 30.3 Å². The van der Waals surface area contributed by atoms with Crippen LogP contribution in [0.2, 0.25) is 0 Å². The lowest BCUT2D eigenvalue weighted by atomic mass is 10.2. The minimum Gasteiger partial charge on any atom is -0.423 e. The van der Waals surface area contributed by atoms with Gasteiger partial charge in [-0.3, -0.25) is 18.3 Å². The molecule has 0 saturated carbocycles. The lowest BCUT2D eigenvalue weighted by molar-refractivity contribution is 0.277. The van der Waals surface area contributed by atoms with Gasteiger partial charge in [0.25, 0.3) is 5.56 Å². The summed E-state index contributed by atoms with van der Waals surface area (Å²) in [4.78, 5) is 29.5. The molecule has 0 spiro atoms. The third-order valence-corrected chi connectivity index (χ3v) is 4.19. The van der Waals surface area contributed by atoms with Crippen LogP contribution in [0.15, 0.2) is 50.5 Å². The molecule has 0 bridgehead atoms. The number of aryl methyl sites for hydroxylation is 1. The quantitative estimate of drug-likeness (QED) is 0.598. The van der Waals surface area contributed by atoms with E-state index in [0.717, 1.165) is 10.1 Å². The van der Waals surface area contributed by atoms with Gasteiger partial charge in [-0.25, -0.2) is 4.79 Å². The molecule has 0 aliphatic carbocycles. The summed E-state index contributed by atoms with van der Waals surface area (Å²) in [6.07, 6.45) is 2.02. The molecule has 0 aliphatic heterocycles. The highest BCUT2D eigenvalue weighted by Gasteiger charge is 2.19. The first-order chi connectivity index (χ1) is 12.1. The number of fused-ring (bicyclic) bond motifs is 3. The highest BCUT2D eigenvalue weighted by Crippen LogP contribution is 2.24. The summed E-state index contributed by atoms with van der Waals surface area (Å²) in [6.45, 7) is 0.0495. The van der Waals surface area contributed by atoms with E-state index in [-0.39, 0.29) is 30.2 Å². The van der Waals surface area contributed by atoms with E-state index < -0.39 is 11.2 Å². The second-order valence-corrected chi connectivity index (χ2v) is 5.77. The molecule has 3 heterocycles. The van der Waals surface area contributed by atoms with Crippen LogP contribution in [-0.2, 0) is 13.6 Å². The highest BCUT2D eigenvalue weighted by atomic mass is 16.4. The average Bonchev–Trinajstić information content (AvgIpc) is 3.18.